The van der Waals surface area contributed by atoms with Crippen molar-refractivity contribution in [1.82, 2.24) is 20.2 Å². The second-order valence-corrected chi connectivity index (χ2v) is 8.93. The average Bonchev–Trinajstić information content (AvgIpc) is 3.09. The maximum absolute atomic E-state index is 12.5. The van der Waals surface area contributed by atoms with Crippen LogP contribution in [0.15, 0.2) is 40.9 Å². The molecule has 1 fully saturated rings. The number of hydrazone groups is 1. The molecule has 0 aliphatic heterocycles. The highest BCUT2D eigenvalue weighted by Crippen LogP contribution is 2.31. The minimum atomic E-state index is -0.152. The minimum Gasteiger partial charge on any atom is -0.312 e. The molecular weight excluding hydrogens is 370 g/mol. The summed E-state index contributed by atoms with van der Waals surface area (Å²) in [6.07, 6.45) is 5.06. The smallest absolute Gasteiger partial charge is 0.271 e. The van der Waals surface area contributed by atoms with Gasteiger partial charge in [0.15, 0.2) is 5.16 Å². The molecule has 1 heterocycles. The van der Waals surface area contributed by atoms with E-state index >= 15 is 0 Å². The normalized spacial score (nSPS) is 21.2. The molecule has 0 unspecified atom stereocenters. The molecule has 28 heavy (non-hydrogen) atoms. The number of nitrogens with one attached hydrogen (secondary N) is 1. The number of hydrogen-bond donors (Lipinski definition) is 1. The molecule has 1 amide bonds. The first-order valence-corrected chi connectivity index (χ1v) is 10.8. The fraction of sp³-hybridized carbons (Fsp3) is 0.524. The van der Waals surface area contributed by atoms with E-state index in [0.717, 1.165) is 35.0 Å². The largest absolute Gasteiger partial charge is 0.312 e. The Labute approximate surface area is 171 Å². The lowest BCUT2D eigenvalue weighted by Crippen LogP contribution is -2.31. The maximum Gasteiger partial charge on any atom is 0.271 e. The summed E-state index contributed by atoms with van der Waals surface area (Å²) in [7, 11) is 1.92. The topological polar surface area (TPSA) is 72.2 Å². The number of carbonyl (C=O) groups excluding carboxylic acids is 1. The van der Waals surface area contributed by atoms with Crippen LogP contribution in [-0.2, 0) is 12.8 Å². The number of aromatic nitrogens is 3. The van der Waals surface area contributed by atoms with Crippen molar-refractivity contribution in [3.8, 4) is 0 Å². The molecule has 1 aliphatic carbocycles. The predicted octanol–water partition coefficient (Wildman–Crippen LogP) is 4.29. The number of rotatable bonds is 6. The molecule has 1 aliphatic rings. The Morgan fingerprint density at radius 2 is 2.07 bits per heavy atom. The van der Waals surface area contributed by atoms with Crippen molar-refractivity contribution in [3.05, 3.63) is 41.7 Å². The molecule has 7 heteroatoms. The molecule has 0 saturated heterocycles. The second-order valence-electron chi connectivity index (χ2n) is 7.99. The van der Waals surface area contributed by atoms with Crippen molar-refractivity contribution < 1.29 is 4.79 Å². The van der Waals surface area contributed by atoms with E-state index in [2.05, 4.69) is 41.5 Å². The minimum absolute atomic E-state index is 0.152. The highest BCUT2D eigenvalue weighted by Gasteiger charge is 2.27. The van der Waals surface area contributed by atoms with Crippen LogP contribution in [0.5, 0.6) is 0 Å². The quantitative estimate of drug-likeness (QED) is 0.581. The number of carbonyl (C=O) groups is 1. The van der Waals surface area contributed by atoms with Gasteiger partial charge in [0.25, 0.3) is 5.91 Å². The van der Waals surface area contributed by atoms with Gasteiger partial charge in [-0.1, -0.05) is 44.7 Å². The fourth-order valence-electron chi connectivity index (χ4n) is 3.58. The van der Waals surface area contributed by atoms with Gasteiger partial charge in [-0.3, -0.25) is 4.79 Å². The first-order chi connectivity index (χ1) is 13.4. The van der Waals surface area contributed by atoms with Gasteiger partial charge in [0.1, 0.15) is 6.33 Å². The molecule has 0 bridgehead atoms. The Kier molecular flexibility index (Phi) is 6.88. The maximum atomic E-state index is 12.5. The summed E-state index contributed by atoms with van der Waals surface area (Å²) in [4.78, 5) is 12.5. The standard InChI is InChI=1S/C21H29N5OS/c1-14(2)18-10-5-15(3)11-19(18)23-24-20(27)17-8-6-16(7-9-17)12-28-21-25-22-13-26(21)4/h6-9,13-15,18H,5,10-12H2,1-4H3,(H,24,27)/t15-,18+/m0/s1. The van der Waals surface area contributed by atoms with Crippen LogP contribution in [0, 0.1) is 17.8 Å². The van der Waals surface area contributed by atoms with Crippen LogP contribution in [0.4, 0.5) is 0 Å². The van der Waals surface area contributed by atoms with Gasteiger partial charge in [-0.15, -0.1) is 10.2 Å². The number of amides is 1. The van der Waals surface area contributed by atoms with Crippen LogP contribution in [0.1, 0.15) is 56.0 Å². The SMILES string of the molecule is CC(C)[C@H]1CC[C@H](C)CC1=NNC(=O)c1ccc(CSc2nncn2C)cc1. The number of aryl methyl sites for hydroxylation is 1. The monoisotopic (exact) mass is 399 g/mol. The molecule has 0 spiro atoms. The lowest BCUT2D eigenvalue weighted by Gasteiger charge is -2.30. The number of benzene rings is 1. The van der Waals surface area contributed by atoms with E-state index in [0.29, 0.717) is 23.3 Å². The van der Waals surface area contributed by atoms with Crippen LogP contribution in [0.25, 0.3) is 0 Å². The van der Waals surface area contributed by atoms with Gasteiger partial charge in [0.2, 0.25) is 0 Å². The highest BCUT2D eigenvalue weighted by atomic mass is 32.2. The summed E-state index contributed by atoms with van der Waals surface area (Å²) in [5.41, 5.74) is 5.68. The first kappa shape index (κ1) is 20.6. The zero-order valence-electron chi connectivity index (χ0n) is 17.1. The Morgan fingerprint density at radius 3 is 2.71 bits per heavy atom. The molecule has 1 aromatic heterocycles. The lowest BCUT2D eigenvalue weighted by molar-refractivity contribution is 0.0954. The summed E-state index contributed by atoms with van der Waals surface area (Å²) in [6, 6.07) is 7.66. The zero-order chi connectivity index (χ0) is 20.1. The van der Waals surface area contributed by atoms with E-state index in [4.69, 9.17) is 0 Å². The summed E-state index contributed by atoms with van der Waals surface area (Å²) in [6.45, 7) is 6.72. The first-order valence-electron chi connectivity index (χ1n) is 9.86. The van der Waals surface area contributed by atoms with E-state index in [1.54, 1.807) is 18.1 Å². The van der Waals surface area contributed by atoms with Gasteiger partial charge in [0.05, 0.1) is 0 Å². The fourth-order valence-corrected chi connectivity index (χ4v) is 4.42. The van der Waals surface area contributed by atoms with Crippen molar-refractivity contribution in [2.45, 2.75) is 50.9 Å². The van der Waals surface area contributed by atoms with E-state index in [1.807, 2.05) is 35.9 Å². The molecule has 1 N–H and O–H groups in total. The number of nitrogens with zero attached hydrogens (tertiary/aromatic N) is 4. The van der Waals surface area contributed by atoms with Crippen LogP contribution < -0.4 is 5.43 Å². The molecule has 2 atom stereocenters. The summed E-state index contributed by atoms with van der Waals surface area (Å²) >= 11 is 1.62. The Morgan fingerprint density at radius 1 is 1.32 bits per heavy atom. The molecule has 3 rings (SSSR count). The van der Waals surface area contributed by atoms with Gasteiger partial charge in [-0.2, -0.15) is 5.10 Å². The van der Waals surface area contributed by atoms with Crippen LogP contribution >= 0.6 is 11.8 Å². The summed E-state index contributed by atoms with van der Waals surface area (Å²) < 4.78 is 1.89. The molecule has 1 saturated carbocycles. The third-order valence-electron chi connectivity index (χ3n) is 5.32. The Bertz CT molecular complexity index is 828. The Hall–Kier alpha value is -2.15. The number of hydrogen-bond acceptors (Lipinski definition) is 5. The van der Waals surface area contributed by atoms with Gasteiger partial charge < -0.3 is 4.57 Å². The average molecular weight is 400 g/mol. The highest BCUT2D eigenvalue weighted by molar-refractivity contribution is 7.98. The summed E-state index contributed by atoms with van der Waals surface area (Å²) in [5, 5.41) is 13.3. The van der Waals surface area contributed by atoms with E-state index in [1.165, 1.54) is 6.42 Å². The van der Waals surface area contributed by atoms with Gasteiger partial charge in [0, 0.05) is 30.0 Å². The van der Waals surface area contributed by atoms with Gasteiger partial charge in [-0.25, -0.2) is 5.43 Å². The predicted molar refractivity (Wildman–Crippen MR) is 113 cm³/mol. The molecule has 1 aromatic carbocycles. The molecule has 6 nitrogen and oxygen atoms in total. The number of thioether (sulfide) groups is 1. The van der Waals surface area contributed by atoms with Crippen molar-refractivity contribution in [3.63, 3.8) is 0 Å². The van der Waals surface area contributed by atoms with E-state index < -0.39 is 0 Å². The molecule has 0 radical (unpaired) electrons. The van der Waals surface area contributed by atoms with Crippen LogP contribution in [0.2, 0.25) is 0 Å². The van der Waals surface area contributed by atoms with Crippen LogP contribution in [0.3, 0.4) is 0 Å². The Balaban J connectivity index is 1.58. The lowest BCUT2D eigenvalue weighted by atomic mass is 9.76. The summed E-state index contributed by atoms with van der Waals surface area (Å²) in [5.74, 6) is 2.28. The van der Waals surface area contributed by atoms with Crippen molar-refractivity contribution in [1.29, 1.82) is 0 Å². The van der Waals surface area contributed by atoms with Crippen LogP contribution in [-0.4, -0.2) is 26.4 Å². The van der Waals surface area contributed by atoms with Gasteiger partial charge in [-0.05, 0) is 48.8 Å². The third-order valence-corrected chi connectivity index (χ3v) is 6.42. The van der Waals surface area contributed by atoms with Gasteiger partial charge >= 0.3 is 0 Å². The van der Waals surface area contributed by atoms with E-state index in [9.17, 15) is 4.79 Å². The molecular formula is C21H29N5OS. The van der Waals surface area contributed by atoms with E-state index in [-0.39, 0.29) is 5.91 Å². The zero-order valence-corrected chi connectivity index (χ0v) is 17.9. The third kappa shape index (κ3) is 5.22. The molecule has 2 aromatic rings. The van der Waals surface area contributed by atoms with Crippen molar-refractivity contribution in [2.24, 2.45) is 29.9 Å². The van der Waals surface area contributed by atoms with Crippen molar-refractivity contribution in [2.75, 3.05) is 0 Å². The van der Waals surface area contributed by atoms with Crippen molar-refractivity contribution >= 4 is 23.4 Å². The molecule has 150 valence electrons. The second kappa shape index (κ2) is 9.37.